The summed E-state index contributed by atoms with van der Waals surface area (Å²) < 4.78 is 21.1. The third-order valence-electron chi connectivity index (χ3n) is 8.43. The monoisotopic (exact) mass is 579 g/mol. The molecule has 0 amide bonds. The molecule has 5 aromatic rings. The Morgan fingerprint density at radius 1 is 0.930 bits per heavy atom. The van der Waals surface area contributed by atoms with Crippen LogP contribution in [0.2, 0.25) is 0 Å². The maximum Gasteiger partial charge on any atom is 0.188 e. The van der Waals surface area contributed by atoms with Crippen LogP contribution in [0.3, 0.4) is 0 Å². The average molecular weight is 580 g/mol. The van der Waals surface area contributed by atoms with Crippen LogP contribution in [0.15, 0.2) is 73.3 Å². The van der Waals surface area contributed by atoms with E-state index in [-0.39, 0.29) is 13.0 Å². The predicted molar refractivity (Wildman–Crippen MR) is 163 cm³/mol. The molecule has 0 radical (unpaired) electrons. The zero-order chi connectivity index (χ0) is 29.0. The van der Waals surface area contributed by atoms with Gasteiger partial charge in [0.25, 0.3) is 0 Å². The smallest absolute Gasteiger partial charge is 0.188 e. The van der Waals surface area contributed by atoms with Gasteiger partial charge in [0.2, 0.25) is 0 Å². The van der Waals surface area contributed by atoms with Gasteiger partial charge in [-0.25, -0.2) is 19.3 Å². The van der Waals surface area contributed by atoms with Gasteiger partial charge in [0, 0.05) is 50.7 Å². The average Bonchev–Trinajstić information content (AvgIpc) is 3.73. The van der Waals surface area contributed by atoms with Gasteiger partial charge in [0.15, 0.2) is 12.4 Å². The highest BCUT2D eigenvalue weighted by atomic mass is 16.7. The van der Waals surface area contributed by atoms with Gasteiger partial charge in [-0.15, -0.1) is 0 Å². The van der Waals surface area contributed by atoms with Gasteiger partial charge in [-0.3, -0.25) is 4.90 Å². The summed E-state index contributed by atoms with van der Waals surface area (Å²) in [6.45, 7) is 3.96. The molecule has 2 aliphatic heterocycles. The Morgan fingerprint density at radius 3 is 2.63 bits per heavy atom. The molecule has 2 aromatic carbocycles. The minimum Gasteiger partial charge on any atom is -0.467 e. The molecule has 1 unspecified atom stereocenters. The van der Waals surface area contributed by atoms with Crippen LogP contribution in [0.25, 0.3) is 33.5 Å². The second-order valence-electron chi connectivity index (χ2n) is 11.3. The van der Waals surface area contributed by atoms with Crippen LogP contribution in [0.1, 0.15) is 49.9 Å². The summed E-state index contributed by atoms with van der Waals surface area (Å²) in [5.74, 6) is 0.674. The van der Waals surface area contributed by atoms with E-state index in [1.165, 1.54) is 5.56 Å². The second-order valence-corrected chi connectivity index (χ2v) is 11.3. The Bertz CT molecular complexity index is 1650. The van der Waals surface area contributed by atoms with Gasteiger partial charge in [0.05, 0.1) is 30.3 Å². The summed E-state index contributed by atoms with van der Waals surface area (Å²) in [5.41, 5.74) is 6.53. The van der Waals surface area contributed by atoms with Gasteiger partial charge < -0.3 is 14.2 Å². The molecule has 7 rings (SSSR count). The lowest BCUT2D eigenvalue weighted by Gasteiger charge is -2.32. The highest BCUT2D eigenvalue weighted by molar-refractivity contribution is 5.78. The molecule has 0 saturated carbocycles. The van der Waals surface area contributed by atoms with Crippen molar-refractivity contribution in [3.63, 3.8) is 0 Å². The van der Waals surface area contributed by atoms with Gasteiger partial charge in [-0.1, -0.05) is 36.4 Å². The highest BCUT2D eigenvalue weighted by Crippen LogP contribution is 2.35. The molecule has 1 atom stereocenters. The van der Waals surface area contributed by atoms with E-state index < -0.39 is 0 Å². The fourth-order valence-electron chi connectivity index (χ4n) is 6.12. The van der Waals surface area contributed by atoms with E-state index in [2.05, 4.69) is 51.1 Å². The van der Waals surface area contributed by atoms with Crippen LogP contribution in [-0.4, -0.2) is 68.0 Å². The van der Waals surface area contributed by atoms with Crippen molar-refractivity contribution in [1.29, 1.82) is 0 Å². The van der Waals surface area contributed by atoms with E-state index in [1.54, 1.807) is 7.11 Å². The summed E-state index contributed by atoms with van der Waals surface area (Å²) in [7, 11) is 1.62. The Balaban J connectivity index is 1.09. The number of benzene rings is 2. The molecule has 0 aliphatic carbocycles. The van der Waals surface area contributed by atoms with Gasteiger partial charge in [-0.2, -0.15) is 10.2 Å². The second kappa shape index (κ2) is 12.6. The van der Waals surface area contributed by atoms with Crippen molar-refractivity contribution >= 4 is 11.2 Å². The molecule has 2 saturated heterocycles. The number of piperidine rings is 1. The molecule has 2 aliphatic rings. The minimum absolute atomic E-state index is 0.00395. The van der Waals surface area contributed by atoms with Crippen LogP contribution < -0.4 is 4.74 Å². The molecule has 10 heteroatoms. The third-order valence-corrected chi connectivity index (χ3v) is 8.43. The number of hydrogen-bond donors (Lipinski definition) is 0. The summed E-state index contributed by atoms with van der Waals surface area (Å²) in [4.78, 5) is 12.3. The number of rotatable bonds is 9. The fourth-order valence-corrected chi connectivity index (χ4v) is 6.12. The maximum absolute atomic E-state index is 6.02. The number of hydrogen-bond acceptors (Lipinski definition) is 8. The molecule has 0 bridgehead atoms. The van der Waals surface area contributed by atoms with Crippen LogP contribution >= 0.6 is 0 Å². The first-order chi connectivity index (χ1) is 21.2. The minimum atomic E-state index is -0.00395. The van der Waals surface area contributed by atoms with Crippen molar-refractivity contribution in [1.82, 2.24) is 34.4 Å². The molecule has 0 N–H and O–H groups in total. The normalized spacial score (nSPS) is 18.3. The largest absolute Gasteiger partial charge is 0.467 e. The number of likely N-dealkylation sites (tertiary alicyclic amines) is 1. The number of methoxy groups -OCH3 is 1. The molecule has 0 spiro atoms. The fraction of sp³-hybridized carbons (Fsp3) is 0.394. The van der Waals surface area contributed by atoms with Gasteiger partial charge >= 0.3 is 0 Å². The summed E-state index contributed by atoms with van der Waals surface area (Å²) in [6, 6.07) is 17.1. The lowest BCUT2D eigenvalue weighted by molar-refractivity contribution is -0.0394. The zero-order valence-electron chi connectivity index (χ0n) is 24.5. The molecular weight excluding hydrogens is 542 g/mol. The summed E-state index contributed by atoms with van der Waals surface area (Å²) in [5, 5.41) is 9.31. The molecule has 43 heavy (non-hydrogen) atoms. The Hall–Kier alpha value is -4.12. The van der Waals surface area contributed by atoms with E-state index >= 15 is 0 Å². The molecular formula is C33H37N7O3. The van der Waals surface area contributed by atoms with Crippen LogP contribution in [-0.2, 0) is 16.0 Å². The van der Waals surface area contributed by atoms with Crippen molar-refractivity contribution in [3.05, 3.63) is 78.9 Å². The van der Waals surface area contributed by atoms with Crippen molar-refractivity contribution in [2.45, 2.75) is 50.9 Å². The first-order valence-corrected chi connectivity index (χ1v) is 15.1. The Morgan fingerprint density at radius 2 is 1.81 bits per heavy atom. The van der Waals surface area contributed by atoms with Crippen molar-refractivity contribution in [2.75, 3.05) is 33.6 Å². The summed E-state index contributed by atoms with van der Waals surface area (Å²) in [6.07, 6.45) is 12.9. The molecule has 222 valence electrons. The SMILES string of the molecule is COCOc1cc(-c2cnn(C3CCCCO3)c2)ccc1-c1cnc2c(cnn2C2CCN(Cc3ccccc3)CC2)n1. The predicted octanol–water partition coefficient (Wildman–Crippen LogP) is 5.88. The maximum atomic E-state index is 6.02. The first-order valence-electron chi connectivity index (χ1n) is 15.1. The number of fused-ring (bicyclic) bond motifs is 1. The number of nitrogens with zero attached hydrogens (tertiary/aromatic N) is 7. The quantitative estimate of drug-likeness (QED) is 0.200. The third kappa shape index (κ3) is 6.04. The molecule has 10 nitrogen and oxygen atoms in total. The van der Waals surface area contributed by atoms with E-state index in [1.807, 2.05) is 41.6 Å². The van der Waals surface area contributed by atoms with Crippen LogP contribution in [0, 0.1) is 0 Å². The van der Waals surface area contributed by atoms with E-state index in [0.29, 0.717) is 11.8 Å². The Kier molecular flexibility index (Phi) is 8.13. The number of aromatic nitrogens is 6. The molecule has 5 heterocycles. The first kappa shape index (κ1) is 27.7. The summed E-state index contributed by atoms with van der Waals surface area (Å²) >= 11 is 0. The van der Waals surface area contributed by atoms with Gasteiger partial charge in [0.1, 0.15) is 17.5 Å². The van der Waals surface area contributed by atoms with E-state index in [4.69, 9.17) is 29.3 Å². The number of ether oxygens (including phenoxy) is 3. The van der Waals surface area contributed by atoms with Crippen LogP contribution in [0.5, 0.6) is 5.75 Å². The molecule has 3 aromatic heterocycles. The topological polar surface area (TPSA) is 92.3 Å². The van der Waals surface area contributed by atoms with E-state index in [0.717, 1.165) is 91.9 Å². The Labute approximate surface area is 251 Å². The lowest BCUT2D eigenvalue weighted by atomic mass is 10.0. The lowest BCUT2D eigenvalue weighted by Crippen LogP contribution is -2.34. The van der Waals surface area contributed by atoms with Gasteiger partial charge in [-0.05, 0) is 55.4 Å². The van der Waals surface area contributed by atoms with Crippen molar-refractivity contribution in [3.8, 4) is 28.1 Å². The molecule has 2 fully saturated rings. The van der Waals surface area contributed by atoms with Crippen molar-refractivity contribution < 1.29 is 14.2 Å². The van der Waals surface area contributed by atoms with E-state index in [9.17, 15) is 0 Å². The standard InChI is InChI=1S/C33H37N7O3/c1-41-23-43-31-17-25(26-18-35-39(22-26)32-9-5-6-16-42-32)10-11-28(31)29-19-34-33-30(37-29)20-36-40(33)27-12-14-38(15-13-27)21-24-7-3-2-4-8-24/h2-4,7-8,10-11,17-20,22,27,32H,5-6,9,12-16,21,23H2,1H3. The highest BCUT2D eigenvalue weighted by Gasteiger charge is 2.24. The van der Waals surface area contributed by atoms with Crippen molar-refractivity contribution in [2.24, 2.45) is 0 Å². The van der Waals surface area contributed by atoms with Crippen LogP contribution in [0.4, 0.5) is 0 Å². The zero-order valence-corrected chi connectivity index (χ0v) is 24.5.